The Morgan fingerprint density at radius 2 is 2.10 bits per heavy atom. The number of hydrogen-bond acceptors (Lipinski definition) is 3. The predicted molar refractivity (Wildman–Crippen MR) is 84.0 cm³/mol. The van der Waals surface area contributed by atoms with Crippen molar-refractivity contribution in [2.45, 2.75) is 45.7 Å². The Labute approximate surface area is 126 Å². The molecule has 1 aliphatic heterocycles. The van der Waals surface area contributed by atoms with Crippen LogP contribution in [0.5, 0.6) is 0 Å². The summed E-state index contributed by atoms with van der Waals surface area (Å²) in [5.41, 5.74) is 3.89. The molecule has 0 atom stereocenters. The molecule has 3 heterocycles. The van der Waals surface area contributed by atoms with Gasteiger partial charge < -0.3 is 4.57 Å². The zero-order valence-corrected chi connectivity index (χ0v) is 13.4. The summed E-state index contributed by atoms with van der Waals surface area (Å²) in [4.78, 5) is 11.8. The molecule has 0 unspecified atom stereocenters. The van der Waals surface area contributed by atoms with E-state index in [4.69, 9.17) is 4.98 Å². The molecule has 0 aliphatic carbocycles. The van der Waals surface area contributed by atoms with Crippen LogP contribution >= 0.6 is 0 Å². The first kappa shape index (κ1) is 14.3. The summed E-state index contributed by atoms with van der Waals surface area (Å²) >= 11 is 0. The van der Waals surface area contributed by atoms with Gasteiger partial charge in [-0.2, -0.15) is 0 Å². The standard InChI is InChI=1S/C17H24N4/c1-17(2,3)16-18-10-13-11-21(9-7-15(13)19-16)12-14-6-5-8-20(14)4/h5-6,8,10H,7,9,11-12H2,1-4H3. The Kier molecular flexibility index (Phi) is 3.57. The Hall–Kier alpha value is -1.68. The third-order valence-corrected chi connectivity index (χ3v) is 4.12. The van der Waals surface area contributed by atoms with Gasteiger partial charge in [0, 0.05) is 67.9 Å². The summed E-state index contributed by atoms with van der Waals surface area (Å²) in [6.07, 6.45) is 5.15. The highest BCUT2D eigenvalue weighted by Crippen LogP contribution is 2.23. The molecule has 112 valence electrons. The SMILES string of the molecule is Cn1cccc1CN1CCc2nc(C(C)(C)C)ncc2C1. The minimum atomic E-state index is 0.0230. The fraction of sp³-hybridized carbons (Fsp3) is 0.529. The van der Waals surface area contributed by atoms with Crippen molar-refractivity contribution in [2.24, 2.45) is 7.05 Å². The van der Waals surface area contributed by atoms with Crippen molar-refractivity contribution in [1.29, 1.82) is 0 Å². The number of aryl methyl sites for hydroxylation is 1. The minimum Gasteiger partial charge on any atom is -0.353 e. The van der Waals surface area contributed by atoms with Crippen molar-refractivity contribution in [1.82, 2.24) is 19.4 Å². The van der Waals surface area contributed by atoms with E-state index in [0.717, 1.165) is 31.9 Å². The predicted octanol–water partition coefficient (Wildman–Crippen LogP) is 2.67. The maximum Gasteiger partial charge on any atom is 0.133 e. The Balaban J connectivity index is 1.76. The lowest BCUT2D eigenvalue weighted by Crippen LogP contribution is -2.32. The molecule has 0 radical (unpaired) electrons. The largest absolute Gasteiger partial charge is 0.353 e. The summed E-state index contributed by atoms with van der Waals surface area (Å²) in [7, 11) is 2.10. The molecule has 4 nitrogen and oxygen atoms in total. The lowest BCUT2D eigenvalue weighted by atomic mass is 9.95. The van der Waals surface area contributed by atoms with E-state index in [1.54, 1.807) is 0 Å². The first-order valence-electron chi connectivity index (χ1n) is 7.61. The topological polar surface area (TPSA) is 34.0 Å². The van der Waals surface area contributed by atoms with Crippen LogP contribution in [0.4, 0.5) is 0 Å². The highest BCUT2D eigenvalue weighted by Gasteiger charge is 2.23. The van der Waals surface area contributed by atoms with Gasteiger partial charge >= 0.3 is 0 Å². The second kappa shape index (κ2) is 5.26. The van der Waals surface area contributed by atoms with E-state index < -0.39 is 0 Å². The van der Waals surface area contributed by atoms with E-state index in [2.05, 4.69) is 60.6 Å². The van der Waals surface area contributed by atoms with Crippen LogP contribution in [0.1, 0.15) is 43.5 Å². The summed E-state index contributed by atoms with van der Waals surface area (Å²) in [5.74, 6) is 0.956. The Bertz CT molecular complexity index is 636. The van der Waals surface area contributed by atoms with Gasteiger partial charge in [0.2, 0.25) is 0 Å². The maximum absolute atomic E-state index is 4.79. The van der Waals surface area contributed by atoms with Crippen molar-refractivity contribution < 1.29 is 0 Å². The summed E-state index contributed by atoms with van der Waals surface area (Å²) in [6, 6.07) is 4.29. The highest BCUT2D eigenvalue weighted by atomic mass is 15.2. The van der Waals surface area contributed by atoms with E-state index in [0.29, 0.717) is 0 Å². The van der Waals surface area contributed by atoms with Gasteiger partial charge in [0.1, 0.15) is 5.82 Å². The normalized spacial score (nSPS) is 16.0. The van der Waals surface area contributed by atoms with Crippen LogP contribution in [0.15, 0.2) is 24.5 Å². The summed E-state index contributed by atoms with van der Waals surface area (Å²) in [5, 5.41) is 0. The monoisotopic (exact) mass is 284 g/mol. The van der Waals surface area contributed by atoms with Crippen LogP contribution in [0.25, 0.3) is 0 Å². The number of hydrogen-bond donors (Lipinski definition) is 0. The summed E-state index contributed by atoms with van der Waals surface area (Å²) in [6.45, 7) is 9.51. The van der Waals surface area contributed by atoms with Crippen LogP contribution in [-0.4, -0.2) is 26.0 Å². The van der Waals surface area contributed by atoms with Crippen molar-refractivity contribution in [2.75, 3.05) is 6.54 Å². The van der Waals surface area contributed by atoms with Gasteiger partial charge in [0.25, 0.3) is 0 Å². The van der Waals surface area contributed by atoms with Crippen molar-refractivity contribution in [3.05, 3.63) is 47.3 Å². The number of aromatic nitrogens is 3. The van der Waals surface area contributed by atoms with Crippen molar-refractivity contribution in [3.63, 3.8) is 0 Å². The second-order valence-corrected chi connectivity index (χ2v) is 6.99. The molecule has 0 amide bonds. The molecule has 0 bridgehead atoms. The molecule has 3 rings (SSSR count). The summed E-state index contributed by atoms with van der Waals surface area (Å²) < 4.78 is 2.19. The molecule has 0 saturated heterocycles. The average Bonchev–Trinajstić information content (AvgIpc) is 2.82. The van der Waals surface area contributed by atoms with Gasteiger partial charge in [-0.3, -0.25) is 4.90 Å². The first-order valence-corrected chi connectivity index (χ1v) is 7.61. The van der Waals surface area contributed by atoms with Crippen molar-refractivity contribution >= 4 is 0 Å². The van der Waals surface area contributed by atoms with Gasteiger partial charge in [-0.15, -0.1) is 0 Å². The lowest BCUT2D eigenvalue weighted by Gasteiger charge is -2.29. The molecular formula is C17H24N4. The zero-order valence-electron chi connectivity index (χ0n) is 13.4. The van der Waals surface area contributed by atoms with Crippen molar-refractivity contribution in [3.8, 4) is 0 Å². The zero-order chi connectivity index (χ0) is 15.0. The van der Waals surface area contributed by atoms with Gasteiger partial charge in [-0.1, -0.05) is 20.8 Å². The molecule has 0 N–H and O–H groups in total. The van der Waals surface area contributed by atoms with Gasteiger partial charge in [-0.05, 0) is 12.1 Å². The molecule has 0 saturated carbocycles. The third-order valence-electron chi connectivity index (χ3n) is 4.12. The third kappa shape index (κ3) is 3.00. The van der Waals surface area contributed by atoms with Crippen LogP contribution in [-0.2, 0) is 32.0 Å². The highest BCUT2D eigenvalue weighted by molar-refractivity contribution is 5.22. The molecule has 2 aromatic heterocycles. The van der Waals surface area contributed by atoms with E-state index in [1.165, 1.54) is 17.0 Å². The Morgan fingerprint density at radius 1 is 1.29 bits per heavy atom. The molecular weight excluding hydrogens is 260 g/mol. The second-order valence-electron chi connectivity index (χ2n) is 6.99. The van der Waals surface area contributed by atoms with E-state index in [-0.39, 0.29) is 5.41 Å². The molecule has 0 aromatic carbocycles. The molecule has 4 heteroatoms. The fourth-order valence-corrected chi connectivity index (χ4v) is 2.76. The molecule has 2 aromatic rings. The molecule has 0 fully saturated rings. The van der Waals surface area contributed by atoms with Crippen LogP contribution < -0.4 is 0 Å². The first-order chi connectivity index (χ1) is 9.93. The number of fused-ring (bicyclic) bond motifs is 1. The van der Waals surface area contributed by atoms with Gasteiger partial charge in [0.15, 0.2) is 0 Å². The van der Waals surface area contributed by atoms with Gasteiger partial charge in [-0.25, -0.2) is 9.97 Å². The van der Waals surface area contributed by atoms with Crippen LogP contribution in [0, 0.1) is 0 Å². The maximum atomic E-state index is 4.79. The Morgan fingerprint density at radius 3 is 2.76 bits per heavy atom. The van der Waals surface area contributed by atoms with Gasteiger partial charge in [0.05, 0.1) is 0 Å². The quantitative estimate of drug-likeness (QED) is 0.850. The number of rotatable bonds is 2. The lowest BCUT2D eigenvalue weighted by molar-refractivity contribution is 0.237. The smallest absolute Gasteiger partial charge is 0.133 e. The molecule has 1 aliphatic rings. The van der Waals surface area contributed by atoms with E-state index >= 15 is 0 Å². The van der Waals surface area contributed by atoms with E-state index in [1.807, 2.05) is 6.20 Å². The van der Waals surface area contributed by atoms with E-state index in [9.17, 15) is 0 Å². The van der Waals surface area contributed by atoms with Crippen LogP contribution in [0.2, 0.25) is 0 Å². The molecule has 21 heavy (non-hydrogen) atoms. The molecule has 0 spiro atoms. The average molecular weight is 284 g/mol. The fourth-order valence-electron chi connectivity index (χ4n) is 2.76. The van der Waals surface area contributed by atoms with Crippen LogP contribution in [0.3, 0.4) is 0 Å². The minimum absolute atomic E-state index is 0.0230. The number of nitrogens with zero attached hydrogens (tertiary/aromatic N) is 4.